The summed E-state index contributed by atoms with van der Waals surface area (Å²) in [6.45, 7) is 3.39. The molecule has 1 aromatic heterocycles. The monoisotopic (exact) mass is 410 g/mol. The molecule has 0 saturated carbocycles. The first-order chi connectivity index (χ1) is 14.4. The second kappa shape index (κ2) is 9.15. The van der Waals surface area contributed by atoms with E-state index < -0.39 is 11.8 Å². The second-order valence-electron chi connectivity index (χ2n) is 6.59. The Morgan fingerprint density at radius 1 is 1.30 bits per heavy atom. The number of nitrogens with two attached hydrogens (primary N) is 1. The lowest BCUT2D eigenvalue weighted by Gasteiger charge is -2.11. The highest BCUT2D eigenvalue weighted by molar-refractivity contribution is 5.71. The number of carbonyl (C=O) groups is 1. The van der Waals surface area contributed by atoms with Crippen molar-refractivity contribution in [2.45, 2.75) is 26.6 Å². The van der Waals surface area contributed by atoms with Crippen LogP contribution in [0.1, 0.15) is 25.0 Å². The molecule has 0 spiro atoms. The molecule has 0 radical (unpaired) electrons. The van der Waals surface area contributed by atoms with E-state index in [0.29, 0.717) is 22.4 Å². The van der Waals surface area contributed by atoms with Crippen LogP contribution in [0.25, 0.3) is 22.8 Å². The molecule has 0 fully saturated rings. The van der Waals surface area contributed by atoms with Crippen LogP contribution in [0.3, 0.4) is 0 Å². The van der Waals surface area contributed by atoms with Gasteiger partial charge in [-0.15, -0.1) is 0 Å². The maximum atomic E-state index is 14.5. The lowest BCUT2D eigenvalue weighted by atomic mass is 10.1. The second-order valence-corrected chi connectivity index (χ2v) is 6.59. The van der Waals surface area contributed by atoms with Crippen molar-refractivity contribution in [2.75, 3.05) is 6.54 Å². The van der Waals surface area contributed by atoms with E-state index in [1.807, 2.05) is 13.8 Å². The van der Waals surface area contributed by atoms with Crippen molar-refractivity contribution in [3.05, 3.63) is 53.3 Å². The molecule has 154 valence electrons. The van der Waals surface area contributed by atoms with E-state index >= 15 is 0 Å². The summed E-state index contributed by atoms with van der Waals surface area (Å²) < 4.78 is 30.2. The highest BCUT2D eigenvalue weighted by Crippen LogP contribution is 2.28. The fraction of sp³-hybridized carbons (Fsp3) is 0.238. The van der Waals surface area contributed by atoms with E-state index in [1.54, 1.807) is 24.3 Å². The van der Waals surface area contributed by atoms with Crippen molar-refractivity contribution < 1.29 is 23.2 Å². The van der Waals surface area contributed by atoms with Crippen molar-refractivity contribution in [2.24, 2.45) is 5.73 Å². The molecule has 8 nitrogen and oxygen atoms in total. The Hall–Kier alpha value is -3.77. The Morgan fingerprint density at radius 3 is 2.77 bits per heavy atom. The molecule has 9 heteroatoms. The SMILES string of the molecule is CC(C)Oc1ccc(-c2nc(-c3ccc(COC(=O)CN)cc3F)no2)cc1C#N. The van der Waals surface area contributed by atoms with Crippen LogP contribution < -0.4 is 10.5 Å². The lowest BCUT2D eigenvalue weighted by Crippen LogP contribution is -2.16. The summed E-state index contributed by atoms with van der Waals surface area (Å²) in [5.74, 6) is -0.536. The minimum absolute atomic E-state index is 0.0500. The van der Waals surface area contributed by atoms with Gasteiger partial charge in [0.15, 0.2) is 0 Å². The third-order valence-corrected chi connectivity index (χ3v) is 3.98. The minimum Gasteiger partial charge on any atom is -0.490 e. The topological polar surface area (TPSA) is 124 Å². The normalized spacial score (nSPS) is 10.7. The first kappa shape index (κ1) is 21.0. The van der Waals surface area contributed by atoms with Crippen LogP contribution in [0, 0.1) is 17.1 Å². The molecular formula is C21H19FN4O4. The number of halogens is 1. The van der Waals surface area contributed by atoms with Crippen molar-refractivity contribution in [3.8, 4) is 34.7 Å². The summed E-state index contributed by atoms with van der Waals surface area (Å²) in [5.41, 5.74) is 6.58. The Kier molecular flexibility index (Phi) is 6.39. The molecule has 0 amide bonds. The number of nitriles is 1. The predicted octanol–water partition coefficient (Wildman–Crippen LogP) is 3.20. The fourth-order valence-corrected chi connectivity index (χ4v) is 2.61. The first-order valence-corrected chi connectivity index (χ1v) is 9.10. The maximum absolute atomic E-state index is 14.5. The summed E-state index contributed by atoms with van der Waals surface area (Å²) in [6.07, 6.45) is -0.0808. The molecule has 1 heterocycles. The van der Waals surface area contributed by atoms with Crippen molar-refractivity contribution in [1.29, 1.82) is 5.26 Å². The molecule has 3 rings (SSSR count). The molecule has 0 aliphatic heterocycles. The van der Waals surface area contributed by atoms with E-state index in [4.69, 9.17) is 19.7 Å². The number of aromatic nitrogens is 2. The molecule has 30 heavy (non-hydrogen) atoms. The van der Waals surface area contributed by atoms with Gasteiger partial charge in [0.25, 0.3) is 5.89 Å². The van der Waals surface area contributed by atoms with Gasteiger partial charge in [-0.1, -0.05) is 11.2 Å². The Labute approximate surface area is 172 Å². The number of hydrogen-bond donors (Lipinski definition) is 1. The molecule has 0 unspecified atom stereocenters. The van der Waals surface area contributed by atoms with Gasteiger partial charge in [0, 0.05) is 5.56 Å². The fourth-order valence-electron chi connectivity index (χ4n) is 2.61. The molecule has 0 atom stereocenters. The molecule has 2 aromatic carbocycles. The van der Waals surface area contributed by atoms with Crippen LogP contribution in [0.15, 0.2) is 40.9 Å². The summed E-state index contributed by atoms with van der Waals surface area (Å²) in [7, 11) is 0. The number of nitrogens with zero attached hydrogens (tertiary/aromatic N) is 3. The highest BCUT2D eigenvalue weighted by Gasteiger charge is 2.16. The summed E-state index contributed by atoms with van der Waals surface area (Å²) in [5, 5.41) is 13.2. The zero-order valence-corrected chi connectivity index (χ0v) is 16.4. The number of rotatable bonds is 7. The van der Waals surface area contributed by atoms with Crippen LogP contribution in [0.5, 0.6) is 5.75 Å². The van der Waals surface area contributed by atoms with Crippen molar-refractivity contribution in [3.63, 3.8) is 0 Å². The largest absolute Gasteiger partial charge is 0.490 e. The van der Waals surface area contributed by atoms with Crippen molar-refractivity contribution in [1.82, 2.24) is 10.1 Å². The van der Waals surface area contributed by atoms with Gasteiger partial charge in [-0.05, 0) is 49.7 Å². The zero-order chi connectivity index (χ0) is 21.7. The van der Waals surface area contributed by atoms with Crippen molar-refractivity contribution >= 4 is 5.97 Å². The van der Waals surface area contributed by atoms with Gasteiger partial charge in [0.2, 0.25) is 5.82 Å². The molecule has 0 aliphatic rings. The van der Waals surface area contributed by atoms with Gasteiger partial charge in [-0.3, -0.25) is 4.79 Å². The lowest BCUT2D eigenvalue weighted by molar-refractivity contribution is -0.143. The van der Waals surface area contributed by atoms with E-state index in [-0.39, 0.29) is 36.5 Å². The van der Waals surface area contributed by atoms with Gasteiger partial charge in [-0.25, -0.2) is 4.39 Å². The summed E-state index contributed by atoms with van der Waals surface area (Å²) >= 11 is 0. The molecule has 2 N–H and O–H groups in total. The standard InChI is InChI=1S/C21H19FN4O4/c1-12(2)29-18-6-4-14(8-15(18)9-23)21-25-20(26-30-21)16-5-3-13(7-17(16)22)11-28-19(27)10-24/h3-8,12H,10-11,24H2,1-2H3. The van der Waals surface area contributed by atoms with Crippen LogP contribution in [0.2, 0.25) is 0 Å². The molecule has 3 aromatic rings. The van der Waals surface area contributed by atoms with Gasteiger partial charge >= 0.3 is 5.97 Å². The molecule has 0 aliphatic carbocycles. The summed E-state index contributed by atoms with van der Waals surface area (Å²) in [6, 6.07) is 11.2. The average molecular weight is 410 g/mol. The molecule has 0 saturated heterocycles. The van der Waals surface area contributed by atoms with E-state index in [0.717, 1.165) is 0 Å². The summed E-state index contributed by atoms with van der Waals surface area (Å²) in [4.78, 5) is 15.3. The number of esters is 1. The van der Waals surface area contributed by atoms with Crippen LogP contribution in [-0.4, -0.2) is 28.8 Å². The average Bonchev–Trinajstić information content (AvgIpc) is 3.21. The number of carbonyl (C=O) groups excluding carboxylic acids is 1. The van der Waals surface area contributed by atoms with Gasteiger partial charge in [0.05, 0.1) is 23.8 Å². The smallest absolute Gasteiger partial charge is 0.320 e. The van der Waals surface area contributed by atoms with E-state index in [1.165, 1.54) is 12.1 Å². The molecular weight excluding hydrogens is 391 g/mol. The highest BCUT2D eigenvalue weighted by atomic mass is 19.1. The third kappa shape index (κ3) is 4.79. The van der Waals surface area contributed by atoms with Gasteiger partial charge in [-0.2, -0.15) is 10.2 Å². The number of ether oxygens (including phenoxy) is 2. The maximum Gasteiger partial charge on any atom is 0.320 e. The van der Waals surface area contributed by atoms with Crippen LogP contribution >= 0.6 is 0 Å². The Balaban J connectivity index is 1.83. The van der Waals surface area contributed by atoms with E-state index in [2.05, 4.69) is 16.2 Å². The van der Waals surface area contributed by atoms with Crippen LogP contribution in [0.4, 0.5) is 4.39 Å². The van der Waals surface area contributed by atoms with Gasteiger partial charge < -0.3 is 19.7 Å². The third-order valence-electron chi connectivity index (χ3n) is 3.98. The predicted molar refractivity (Wildman–Crippen MR) is 104 cm³/mol. The van der Waals surface area contributed by atoms with Gasteiger partial charge in [0.1, 0.15) is 24.2 Å². The quantitative estimate of drug-likeness (QED) is 0.589. The minimum atomic E-state index is -0.595. The van der Waals surface area contributed by atoms with Crippen LogP contribution in [-0.2, 0) is 16.1 Å². The molecule has 0 bridgehead atoms. The van der Waals surface area contributed by atoms with E-state index in [9.17, 15) is 14.4 Å². The number of benzene rings is 2. The zero-order valence-electron chi connectivity index (χ0n) is 16.4. The first-order valence-electron chi connectivity index (χ1n) is 9.10. The Morgan fingerprint density at radius 2 is 2.10 bits per heavy atom. The number of hydrogen-bond acceptors (Lipinski definition) is 8. The Bertz CT molecular complexity index is 1100.